The summed E-state index contributed by atoms with van der Waals surface area (Å²) in [5.41, 5.74) is 2.64. The van der Waals surface area contributed by atoms with Crippen molar-refractivity contribution in [3.63, 3.8) is 0 Å². The Hall–Kier alpha value is -2.30. The number of aromatic amines is 1. The predicted octanol–water partition coefficient (Wildman–Crippen LogP) is 2.96. The first-order valence-electron chi connectivity index (χ1n) is 8.46. The SMILES string of the molecule is CN(C[C@@]1(c2ccccc2)CC1(C)C)C(=O)NCCc1cnc[nH]1. The number of hydrogen-bond donors (Lipinski definition) is 2. The average molecular weight is 326 g/mol. The highest BCUT2D eigenvalue weighted by atomic mass is 16.2. The minimum atomic E-state index is -0.0208. The van der Waals surface area contributed by atoms with E-state index in [1.165, 1.54) is 5.56 Å². The molecule has 2 N–H and O–H groups in total. The zero-order valence-electron chi connectivity index (χ0n) is 14.7. The third-order valence-electron chi connectivity index (χ3n) is 5.32. The van der Waals surface area contributed by atoms with Crippen LogP contribution in [0.3, 0.4) is 0 Å². The lowest BCUT2D eigenvalue weighted by atomic mass is 9.87. The van der Waals surface area contributed by atoms with Gasteiger partial charge in [0, 0.05) is 43.9 Å². The average Bonchev–Trinajstić information content (AvgIpc) is 2.92. The number of H-pyrrole nitrogens is 1. The van der Waals surface area contributed by atoms with Gasteiger partial charge in [0.05, 0.1) is 6.33 Å². The lowest BCUT2D eigenvalue weighted by molar-refractivity contribution is 0.201. The first-order chi connectivity index (χ1) is 11.4. The second kappa shape index (κ2) is 6.30. The molecule has 5 heteroatoms. The van der Waals surface area contributed by atoms with E-state index >= 15 is 0 Å². The highest BCUT2D eigenvalue weighted by molar-refractivity contribution is 5.74. The fraction of sp³-hybridized carbons (Fsp3) is 0.474. The molecule has 1 saturated carbocycles. The van der Waals surface area contributed by atoms with E-state index in [-0.39, 0.29) is 16.9 Å². The maximum atomic E-state index is 12.4. The zero-order chi connectivity index (χ0) is 17.2. The van der Waals surface area contributed by atoms with E-state index in [0.717, 1.165) is 25.1 Å². The fourth-order valence-electron chi connectivity index (χ4n) is 3.66. The summed E-state index contributed by atoms with van der Waals surface area (Å²) >= 11 is 0. The number of imidazole rings is 1. The maximum Gasteiger partial charge on any atom is 0.317 e. The van der Waals surface area contributed by atoms with Crippen molar-refractivity contribution in [2.45, 2.75) is 32.1 Å². The largest absolute Gasteiger partial charge is 0.348 e. The van der Waals surface area contributed by atoms with Crippen molar-refractivity contribution in [3.05, 3.63) is 54.1 Å². The monoisotopic (exact) mass is 326 g/mol. The number of urea groups is 1. The molecule has 0 unspecified atom stereocenters. The molecule has 1 aromatic carbocycles. The van der Waals surface area contributed by atoms with Crippen molar-refractivity contribution in [1.29, 1.82) is 0 Å². The van der Waals surface area contributed by atoms with Crippen LogP contribution in [-0.2, 0) is 11.8 Å². The normalized spacial score (nSPS) is 21.3. The van der Waals surface area contributed by atoms with Crippen LogP contribution in [0.5, 0.6) is 0 Å². The molecule has 1 heterocycles. The highest BCUT2D eigenvalue weighted by Gasteiger charge is 2.62. The molecule has 1 fully saturated rings. The fourth-order valence-corrected chi connectivity index (χ4v) is 3.66. The molecule has 2 aromatic rings. The topological polar surface area (TPSA) is 61.0 Å². The molecule has 0 saturated heterocycles. The van der Waals surface area contributed by atoms with Crippen LogP contribution in [0.4, 0.5) is 4.79 Å². The van der Waals surface area contributed by atoms with E-state index in [2.05, 4.69) is 53.4 Å². The van der Waals surface area contributed by atoms with Crippen molar-refractivity contribution >= 4 is 6.03 Å². The number of hydrogen-bond acceptors (Lipinski definition) is 2. The third-order valence-corrected chi connectivity index (χ3v) is 5.32. The van der Waals surface area contributed by atoms with Gasteiger partial charge in [0.15, 0.2) is 0 Å². The molecule has 3 rings (SSSR count). The van der Waals surface area contributed by atoms with Crippen molar-refractivity contribution in [2.75, 3.05) is 20.1 Å². The van der Waals surface area contributed by atoms with Crippen LogP contribution in [-0.4, -0.2) is 41.0 Å². The Morgan fingerprint density at radius 1 is 1.33 bits per heavy atom. The number of benzene rings is 1. The van der Waals surface area contributed by atoms with E-state index in [9.17, 15) is 4.79 Å². The van der Waals surface area contributed by atoms with Crippen molar-refractivity contribution < 1.29 is 4.79 Å². The number of carbonyl (C=O) groups is 1. The Morgan fingerprint density at radius 2 is 2.04 bits per heavy atom. The van der Waals surface area contributed by atoms with Gasteiger partial charge in [0.1, 0.15) is 0 Å². The molecule has 24 heavy (non-hydrogen) atoms. The summed E-state index contributed by atoms with van der Waals surface area (Å²) in [6.07, 6.45) is 5.31. The highest BCUT2D eigenvalue weighted by Crippen LogP contribution is 2.64. The molecule has 0 radical (unpaired) electrons. The van der Waals surface area contributed by atoms with Crippen molar-refractivity contribution in [1.82, 2.24) is 20.2 Å². The lowest BCUT2D eigenvalue weighted by Gasteiger charge is -2.28. The molecule has 1 aliphatic carbocycles. The van der Waals surface area contributed by atoms with Gasteiger partial charge < -0.3 is 15.2 Å². The molecule has 128 valence electrons. The number of carbonyl (C=O) groups excluding carboxylic acids is 1. The number of nitrogens with zero attached hydrogens (tertiary/aromatic N) is 2. The van der Waals surface area contributed by atoms with Gasteiger partial charge in [-0.05, 0) is 17.4 Å². The summed E-state index contributed by atoms with van der Waals surface area (Å²) in [7, 11) is 1.88. The van der Waals surface area contributed by atoms with Gasteiger partial charge in [-0.2, -0.15) is 0 Å². The van der Waals surface area contributed by atoms with E-state index in [1.54, 1.807) is 12.5 Å². The molecule has 0 spiro atoms. The molecule has 1 aliphatic rings. The Morgan fingerprint density at radius 3 is 2.62 bits per heavy atom. The van der Waals surface area contributed by atoms with Crippen LogP contribution in [0.15, 0.2) is 42.9 Å². The second-order valence-electron chi connectivity index (χ2n) is 7.42. The second-order valence-corrected chi connectivity index (χ2v) is 7.42. The Kier molecular flexibility index (Phi) is 4.35. The smallest absolute Gasteiger partial charge is 0.317 e. The van der Waals surface area contributed by atoms with Gasteiger partial charge in [0.2, 0.25) is 0 Å². The van der Waals surface area contributed by atoms with Crippen LogP contribution in [0.2, 0.25) is 0 Å². The van der Waals surface area contributed by atoms with Crippen LogP contribution in [0.25, 0.3) is 0 Å². The number of rotatable bonds is 6. The third kappa shape index (κ3) is 3.16. The molecule has 1 atom stereocenters. The van der Waals surface area contributed by atoms with E-state index in [4.69, 9.17) is 0 Å². The quantitative estimate of drug-likeness (QED) is 0.857. The van der Waals surface area contributed by atoms with Gasteiger partial charge >= 0.3 is 6.03 Å². The van der Waals surface area contributed by atoms with Crippen LogP contribution in [0, 0.1) is 5.41 Å². The minimum Gasteiger partial charge on any atom is -0.348 e. The summed E-state index contributed by atoms with van der Waals surface area (Å²) in [5, 5.41) is 2.99. The van der Waals surface area contributed by atoms with Crippen molar-refractivity contribution in [2.24, 2.45) is 5.41 Å². The number of nitrogens with one attached hydrogen (secondary N) is 2. The first kappa shape index (κ1) is 16.6. The summed E-state index contributed by atoms with van der Waals surface area (Å²) in [6.45, 7) is 5.90. The Labute approximate surface area is 143 Å². The van der Waals surface area contributed by atoms with Crippen molar-refractivity contribution in [3.8, 4) is 0 Å². The van der Waals surface area contributed by atoms with Gasteiger partial charge in [-0.25, -0.2) is 9.78 Å². The Balaban J connectivity index is 1.58. The van der Waals surface area contributed by atoms with E-state index in [1.807, 2.05) is 18.0 Å². The minimum absolute atomic E-state index is 0.0208. The van der Waals surface area contributed by atoms with E-state index < -0.39 is 0 Å². The molecule has 0 aliphatic heterocycles. The molecular formula is C19H26N4O. The van der Waals surface area contributed by atoms with Gasteiger partial charge in [0.25, 0.3) is 0 Å². The van der Waals surface area contributed by atoms with Crippen LogP contribution >= 0.6 is 0 Å². The molecule has 5 nitrogen and oxygen atoms in total. The maximum absolute atomic E-state index is 12.4. The molecule has 2 amide bonds. The number of amides is 2. The van der Waals surface area contributed by atoms with Crippen LogP contribution in [0.1, 0.15) is 31.5 Å². The lowest BCUT2D eigenvalue weighted by Crippen LogP contribution is -2.43. The number of likely N-dealkylation sites (N-methyl/N-ethyl adjacent to an activating group) is 1. The van der Waals surface area contributed by atoms with Gasteiger partial charge in [-0.3, -0.25) is 0 Å². The molecule has 0 bridgehead atoms. The summed E-state index contributed by atoms with van der Waals surface area (Å²) in [6, 6.07) is 10.5. The summed E-state index contributed by atoms with van der Waals surface area (Å²) in [4.78, 5) is 21.2. The molecular weight excluding hydrogens is 300 g/mol. The first-order valence-corrected chi connectivity index (χ1v) is 8.46. The van der Waals surface area contributed by atoms with Gasteiger partial charge in [-0.1, -0.05) is 44.2 Å². The standard InChI is InChI=1S/C19H26N4O/c1-18(2)12-19(18,15-7-5-4-6-8-15)13-23(3)17(24)21-10-9-16-11-20-14-22-16/h4-8,11,14H,9-10,12-13H2,1-3H3,(H,20,22)(H,21,24)/t19-/m1/s1. The Bertz CT molecular complexity index is 681. The molecule has 1 aromatic heterocycles. The van der Waals surface area contributed by atoms with Crippen LogP contribution < -0.4 is 5.32 Å². The predicted molar refractivity (Wildman–Crippen MR) is 94.8 cm³/mol. The number of aromatic nitrogens is 2. The summed E-state index contributed by atoms with van der Waals surface area (Å²) in [5.74, 6) is 0. The summed E-state index contributed by atoms with van der Waals surface area (Å²) < 4.78 is 0. The zero-order valence-corrected chi connectivity index (χ0v) is 14.7. The van der Waals surface area contributed by atoms with E-state index in [0.29, 0.717) is 6.54 Å². The van der Waals surface area contributed by atoms with Gasteiger partial charge in [-0.15, -0.1) is 0 Å².